The Balaban J connectivity index is 3.20. The Hall–Kier alpha value is -3.50. The monoisotopic (exact) mass is 295 g/mol. The van der Waals surface area contributed by atoms with Crippen LogP contribution in [-0.4, -0.2) is 59.7 Å². The van der Waals surface area contributed by atoms with Crippen molar-refractivity contribution in [3.05, 3.63) is 22.3 Å². The van der Waals surface area contributed by atoms with Gasteiger partial charge in [-0.3, -0.25) is 0 Å². The number of carboxylic acid groups (broad SMARTS) is 4. The second-order valence-corrected chi connectivity index (χ2v) is 3.74. The third-order valence-electron chi connectivity index (χ3n) is 2.63. The Labute approximate surface area is 113 Å². The SMILES string of the molecule is O=C(O)c1c(C(=O)O)c(C(=O)O)c2n[nH]nc2c1C(=O)O. The fraction of sp³-hybridized carbons (Fsp3) is 0. The highest BCUT2D eigenvalue weighted by Crippen LogP contribution is 2.29. The molecule has 0 atom stereocenters. The average Bonchev–Trinajstić information content (AvgIpc) is 2.82. The summed E-state index contributed by atoms with van der Waals surface area (Å²) in [5, 5.41) is 45.0. The highest BCUT2D eigenvalue weighted by molar-refractivity contribution is 6.21. The molecule has 108 valence electrons. The van der Waals surface area contributed by atoms with Crippen molar-refractivity contribution in [1.29, 1.82) is 0 Å². The Bertz CT molecular complexity index is 755. The van der Waals surface area contributed by atoms with Crippen LogP contribution in [0.2, 0.25) is 0 Å². The van der Waals surface area contributed by atoms with Crippen molar-refractivity contribution in [2.75, 3.05) is 0 Å². The summed E-state index contributed by atoms with van der Waals surface area (Å²) >= 11 is 0. The smallest absolute Gasteiger partial charge is 0.338 e. The zero-order chi connectivity index (χ0) is 15.9. The van der Waals surface area contributed by atoms with E-state index in [-0.39, 0.29) is 0 Å². The molecule has 1 aromatic carbocycles. The summed E-state index contributed by atoms with van der Waals surface area (Å²) in [7, 11) is 0. The zero-order valence-corrected chi connectivity index (χ0v) is 9.82. The van der Waals surface area contributed by atoms with Crippen LogP contribution >= 0.6 is 0 Å². The highest BCUT2D eigenvalue weighted by atomic mass is 16.4. The zero-order valence-electron chi connectivity index (χ0n) is 9.82. The van der Waals surface area contributed by atoms with Crippen LogP contribution in [0.15, 0.2) is 0 Å². The minimum Gasteiger partial charge on any atom is -0.478 e. The molecule has 0 aliphatic heterocycles. The van der Waals surface area contributed by atoms with Gasteiger partial charge in [-0.15, -0.1) is 0 Å². The summed E-state index contributed by atoms with van der Waals surface area (Å²) in [4.78, 5) is 44.8. The van der Waals surface area contributed by atoms with Gasteiger partial charge in [0.15, 0.2) is 0 Å². The molecular formula is C10H5N3O8. The maximum Gasteiger partial charge on any atom is 0.338 e. The number of nitrogens with one attached hydrogen (secondary N) is 1. The maximum absolute atomic E-state index is 11.2. The quantitative estimate of drug-likeness (QED) is 0.502. The van der Waals surface area contributed by atoms with Crippen LogP contribution in [0.1, 0.15) is 41.4 Å². The van der Waals surface area contributed by atoms with Crippen molar-refractivity contribution in [1.82, 2.24) is 15.4 Å². The normalized spacial score (nSPS) is 10.5. The largest absolute Gasteiger partial charge is 0.478 e. The number of rotatable bonds is 4. The van der Waals surface area contributed by atoms with Crippen LogP contribution in [0.25, 0.3) is 11.0 Å². The number of benzene rings is 1. The molecule has 0 unspecified atom stereocenters. The lowest BCUT2D eigenvalue weighted by Gasteiger charge is -2.09. The Kier molecular flexibility index (Phi) is 3.02. The molecule has 21 heavy (non-hydrogen) atoms. The summed E-state index contributed by atoms with van der Waals surface area (Å²) in [6.07, 6.45) is 0. The van der Waals surface area contributed by atoms with Gasteiger partial charge in [0.25, 0.3) is 0 Å². The minimum absolute atomic E-state index is 0.553. The first kappa shape index (κ1) is 13.9. The Morgan fingerprint density at radius 2 is 0.905 bits per heavy atom. The molecule has 2 aromatic rings. The van der Waals surface area contributed by atoms with E-state index in [1.54, 1.807) is 0 Å². The topological polar surface area (TPSA) is 191 Å². The lowest BCUT2D eigenvalue weighted by Crippen LogP contribution is -2.20. The summed E-state index contributed by atoms with van der Waals surface area (Å²) in [6.45, 7) is 0. The van der Waals surface area contributed by atoms with E-state index in [4.69, 9.17) is 20.4 Å². The first-order valence-corrected chi connectivity index (χ1v) is 5.11. The molecule has 0 aliphatic carbocycles. The molecule has 0 fully saturated rings. The second kappa shape index (κ2) is 4.56. The van der Waals surface area contributed by atoms with E-state index in [0.29, 0.717) is 0 Å². The van der Waals surface area contributed by atoms with Gasteiger partial charge in [-0.2, -0.15) is 15.4 Å². The van der Waals surface area contributed by atoms with E-state index >= 15 is 0 Å². The first-order valence-electron chi connectivity index (χ1n) is 5.11. The first-order chi connectivity index (χ1) is 9.77. The van der Waals surface area contributed by atoms with Crippen LogP contribution in [0.3, 0.4) is 0 Å². The van der Waals surface area contributed by atoms with Crippen molar-refractivity contribution in [3.8, 4) is 0 Å². The van der Waals surface area contributed by atoms with Crippen molar-refractivity contribution in [2.45, 2.75) is 0 Å². The van der Waals surface area contributed by atoms with E-state index in [9.17, 15) is 19.2 Å². The summed E-state index contributed by atoms with van der Waals surface area (Å²) < 4.78 is 0. The van der Waals surface area contributed by atoms with E-state index < -0.39 is 57.2 Å². The molecule has 0 spiro atoms. The van der Waals surface area contributed by atoms with Crippen molar-refractivity contribution >= 4 is 34.9 Å². The predicted molar refractivity (Wildman–Crippen MR) is 61.7 cm³/mol. The third kappa shape index (κ3) is 1.92. The second-order valence-electron chi connectivity index (χ2n) is 3.74. The molecular weight excluding hydrogens is 290 g/mol. The lowest BCUT2D eigenvalue weighted by molar-refractivity contribution is 0.0621. The van der Waals surface area contributed by atoms with Gasteiger partial charge in [0.2, 0.25) is 0 Å². The molecule has 5 N–H and O–H groups in total. The molecule has 0 saturated carbocycles. The van der Waals surface area contributed by atoms with E-state index in [1.807, 2.05) is 5.21 Å². The molecule has 0 radical (unpaired) electrons. The van der Waals surface area contributed by atoms with E-state index in [0.717, 1.165) is 0 Å². The van der Waals surface area contributed by atoms with Crippen LogP contribution in [0.4, 0.5) is 0 Å². The minimum atomic E-state index is -1.91. The van der Waals surface area contributed by atoms with Crippen molar-refractivity contribution in [2.24, 2.45) is 0 Å². The van der Waals surface area contributed by atoms with Gasteiger partial charge >= 0.3 is 23.9 Å². The van der Waals surface area contributed by atoms with Gasteiger partial charge in [-0.05, 0) is 0 Å². The van der Waals surface area contributed by atoms with Gasteiger partial charge in [0.05, 0.1) is 11.1 Å². The van der Waals surface area contributed by atoms with Crippen LogP contribution in [-0.2, 0) is 0 Å². The maximum atomic E-state index is 11.2. The number of H-pyrrole nitrogens is 1. The Morgan fingerprint density at radius 3 is 1.14 bits per heavy atom. The molecule has 11 nitrogen and oxygen atoms in total. The number of aromatic carboxylic acids is 4. The molecule has 1 heterocycles. The van der Waals surface area contributed by atoms with Gasteiger partial charge in [-0.25, -0.2) is 19.2 Å². The number of aromatic nitrogens is 3. The number of aromatic amines is 1. The molecule has 11 heteroatoms. The number of nitrogens with zero attached hydrogens (tertiary/aromatic N) is 2. The standard InChI is InChI=1S/C10H5N3O8/c14-7(15)1-2(8(16)17)4(10(20)21)6-5(11-13-12-6)3(1)9(18)19/h(H,14,15)(H,16,17)(H,18,19)(H,20,21)(H,11,12,13). The third-order valence-corrected chi connectivity index (χ3v) is 2.63. The number of hydrogen-bond donors (Lipinski definition) is 5. The molecule has 0 amide bonds. The number of fused-ring (bicyclic) bond motifs is 1. The van der Waals surface area contributed by atoms with Gasteiger partial charge < -0.3 is 20.4 Å². The molecule has 0 bridgehead atoms. The average molecular weight is 295 g/mol. The van der Waals surface area contributed by atoms with Crippen LogP contribution < -0.4 is 0 Å². The molecule has 0 saturated heterocycles. The number of carboxylic acids is 4. The fourth-order valence-corrected chi connectivity index (χ4v) is 1.91. The van der Waals surface area contributed by atoms with Crippen molar-refractivity contribution in [3.63, 3.8) is 0 Å². The number of carbonyl (C=O) groups is 4. The molecule has 0 aliphatic rings. The van der Waals surface area contributed by atoms with E-state index in [1.165, 1.54) is 0 Å². The van der Waals surface area contributed by atoms with Crippen molar-refractivity contribution < 1.29 is 39.6 Å². The van der Waals surface area contributed by atoms with E-state index in [2.05, 4.69) is 10.2 Å². The summed E-state index contributed by atoms with van der Waals surface area (Å²) in [5.74, 6) is -7.36. The van der Waals surface area contributed by atoms with Gasteiger partial charge in [0.1, 0.15) is 22.2 Å². The van der Waals surface area contributed by atoms with Crippen LogP contribution in [0, 0.1) is 0 Å². The van der Waals surface area contributed by atoms with Gasteiger partial charge in [-0.1, -0.05) is 0 Å². The fourth-order valence-electron chi connectivity index (χ4n) is 1.91. The molecule has 2 rings (SSSR count). The number of hydrogen-bond acceptors (Lipinski definition) is 6. The summed E-state index contributed by atoms with van der Waals surface area (Å²) in [5.41, 5.74) is -5.35. The van der Waals surface area contributed by atoms with Crippen LogP contribution in [0.5, 0.6) is 0 Å². The predicted octanol–water partition coefficient (Wildman–Crippen LogP) is -0.249. The lowest BCUT2D eigenvalue weighted by atomic mass is 9.93. The molecule has 1 aromatic heterocycles. The Morgan fingerprint density at radius 1 is 0.619 bits per heavy atom. The summed E-state index contributed by atoms with van der Waals surface area (Å²) in [6, 6.07) is 0. The highest BCUT2D eigenvalue weighted by Gasteiger charge is 2.35. The van der Waals surface area contributed by atoms with Gasteiger partial charge in [0, 0.05) is 0 Å².